The van der Waals surface area contributed by atoms with Crippen LogP contribution >= 0.6 is 27.7 Å². The predicted octanol–water partition coefficient (Wildman–Crippen LogP) is 0.173. The molecule has 4 rings (SSSR count). The highest BCUT2D eigenvalue weighted by Crippen LogP contribution is 2.48. The highest BCUT2D eigenvalue weighted by molar-refractivity contribution is 9.10. The number of allylic oxidation sites excluding steroid dienone is 1. The fourth-order valence-electron chi connectivity index (χ4n) is 4.23. The first kappa shape index (κ1) is 26.6. The number of amides is 1. The van der Waals surface area contributed by atoms with E-state index in [-0.39, 0.29) is 23.9 Å². The van der Waals surface area contributed by atoms with Crippen molar-refractivity contribution in [1.29, 1.82) is 5.26 Å². The average Bonchev–Trinajstić information content (AvgIpc) is 2.83. The van der Waals surface area contributed by atoms with Crippen LogP contribution in [0.5, 0.6) is 5.75 Å². The Morgan fingerprint density at radius 3 is 2.46 bits per heavy atom. The monoisotopic (exact) mass is 572 g/mol. The van der Waals surface area contributed by atoms with Gasteiger partial charge in [-0.2, -0.15) is 9.83 Å². The lowest BCUT2D eigenvalue weighted by Gasteiger charge is -2.42. The molecular formula is C25H22BrClN4O3S. The van der Waals surface area contributed by atoms with Gasteiger partial charge in [0.25, 0.3) is 0 Å². The third-order valence-corrected chi connectivity index (χ3v) is 7.22. The van der Waals surface area contributed by atoms with Crippen molar-refractivity contribution in [3.05, 3.63) is 105 Å². The molecule has 180 valence electrons. The van der Waals surface area contributed by atoms with Gasteiger partial charge in [0.15, 0.2) is 11.9 Å². The van der Waals surface area contributed by atoms with Gasteiger partial charge in [-0.3, -0.25) is 4.79 Å². The molecule has 35 heavy (non-hydrogen) atoms. The highest BCUT2D eigenvalue weighted by Gasteiger charge is 2.56. The molecule has 2 heterocycles. The van der Waals surface area contributed by atoms with Gasteiger partial charge in [-0.25, -0.2) is 0 Å². The zero-order valence-corrected chi connectivity index (χ0v) is 21.5. The molecule has 1 aromatic heterocycles. The van der Waals surface area contributed by atoms with E-state index in [4.69, 9.17) is 5.73 Å². The largest absolute Gasteiger partial charge is 1.00 e. The summed E-state index contributed by atoms with van der Waals surface area (Å²) in [5.41, 5.74) is 5.38. The van der Waals surface area contributed by atoms with E-state index in [1.54, 1.807) is 29.0 Å². The van der Waals surface area contributed by atoms with Gasteiger partial charge in [-0.1, -0.05) is 70.2 Å². The predicted molar refractivity (Wildman–Crippen MR) is 132 cm³/mol. The molecule has 0 aliphatic carbocycles. The quantitative estimate of drug-likeness (QED) is 0.312. The molecular weight excluding hydrogens is 552 g/mol. The third-order valence-electron chi connectivity index (χ3n) is 5.65. The molecule has 5 N–H and O–H groups in total. The van der Waals surface area contributed by atoms with Gasteiger partial charge in [0, 0.05) is 16.1 Å². The number of nitrogens with two attached hydrogens (primary N) is 1. The Bertz CT molecular complexity index is 1280. The highest BCUT2D eigenvalue weighted by atomic mass is 79.9. The van der Waals surface area contributed by atoms with Gasteiger partial charge in [0.05, 0.1) is 28.3 Å². The summed E-state index contributed by atoms with van der Waals surface area (Å²) in [6.45, 7) is 0. The number of aliphatic hydroxyl groups is 1. The summed E-state index contributed by atoms with van der Waals surface area (Å²) < 4.78 is 2.54. The van der Waals surface area contributed by atoms with Gasteiger partial charge in [0.1, 0.15) is 0 Å². The fraction of sp³-hybridized carbons (Fsp3) is 0.160. The van der Waals surface area contributed by atoms with Crippen molar-refractivity contribution in [2.45, 2.75) is 17.7 Å². The van der Waals surface area contributed by atoms with E-state index in [9.17, 15) is 20.3 Å². The van der Waals surface area contributed by atoms with Gasteiger partial charge >= 0.3 is 0 Å². The molecule has 0 fully saturated rings. The van der Waals surface area contributed by atoms with Crippen LogP contribution in [0.1, 0.15) is 23.1 Å². The summed E-state index contributed by atoms with van der Waals surface area (Å²) in [6, 6.07) is 21.3. The number of pyridine rings is 1. The van der Waals surface area contributed by atoms with Crippen molar-refractivity contribution >= 4 is 33.6 Å². The number of aromatic hydroxyl groups is 1. The summed E-state index contributed by atoms with van der Waals surface area (Å²) >= 11 is 4.51. The number of thioether (sulfide) groups is 1. The number of aromatic nitrogens is 1. The van der Waals surface area contributed by atoms with E-state index in [2.05, 4.69) is 27.3 Å². The number of nitrogens with one attached hydrogen (secondary N) is 1. The number of hydrogen-bond donors (Lipinski definition) is 4. The van der Waals surface area contributed by atoms with E-state index < -0.39 is 23.6 Å². The summed E-state index contributed by atoms with van der Waals surface area (Å²) in [6.07, 6.45) is 3.25. The lowest BCUT2D eigenvalue weighted by Crippen LogP contribution is -3.00. The average molecular weight is 574 g/mol. The van der Waals surface area contributed by atoms with E-state index in [0.717, 1.165) is 21.8 Å². The number of primary amides is 1. The lowest BCUT2D eigenvalue weighted by molar-refractivity contribution is -0.744. The maximum absolute atomic E-state index is 12.3. The summed E-state index contributed by atoms with van der Waals surface area (Å²) in [5.74, 6) is -1.19. The smallest absolute Gasteiger partial charge is 0.227 e. The van der Waals surface area contributed by atoms with Crippen LogP contribution in [-0.4, -0.2) is 21.9 Å². The Labute approximate surface area is 221 Å². The molecule has 1 aliphatic rings. The van der Waals surface area contributed by atoms with E-state index in [1.807, 2.05) is 42.5 Å². The number of hydrogen-bond acceptors (Lipinski definition) is 6. The second-order valence-electron chi connectivity index (χ2n) is 7.85. The van der Waals surface area contributed by atoms with Crippen LogP contribution in [-0.2, 0) is 10.5 Å². The Balaban J connectivity index is 0.00000342. The molecule has 10 heteroatoms. The van der Waals surface area contributed by atoms with Crippen LogP contribution < -0.4 is 28.0 Å². The first-order valence-electron chi connectivity index (χ1n) is 10.4. The molecule has 1 aliphatic heterocycles. The molecule has 0 saturated heterocycles. The number of halogens is 2. The van der Waals surface area contributed by atoms with Crippen molar-refractivity contribution in [2.24, 2.45) is 5.73 Å². The molecule has 0 radical (unpaired) electrons. The molecule has 0 bridgehead atoms. The van der Waals surface area contributed by atoms with Crippen LogP contribution in [0.25, 0.3) is 0 Å². The fourth-order valence-corrected chi connectivity index (χ4v) is 5.34. The molecule has 3 atom stereocenters. The molecule has 0 spiro atoms. The minimum Gasteiger partial charge on any atom is -1.00 e. The number of carbonyl (C=O) groups is 1. The molecule has 1 amide bonds. The first-order valence-corrected chi connectivity index (χ1v) is 12.2. The van der Waals surface area contributed by atoms with Crippen LogP contribution in [0.4, 0.5) is 0 Å². The van der Waals surface area contributed by atoms with Gasteiger partial charge in [-0.15, -0.1) is 0 Å². The Morgan fingerprint density at radius 1 is 1.17 bits per heavy atom. The van der Waals surface area contributed by atoms with Crippen LogP contribution in [0, 0.1) is 11.3 Å². The Hall–Kier alpha value is -3.03. The van der Waals surface area contributed by atoms with E-state index in [1.165, 1.54) is 12.3 Å². The number of nitrogens with zero attached hydrogens (tertiary/aromatic N) is 2. The lowest BCUT2D eigenvalue weighted by atomic mass is 9.75. The minimum atomic E-state index is -1.71. The maximum atomic E-state index is 12.3. The van der Waals surface area contributed by atoms with Gasteiger partial charge in [0.2, 0.25) is 23.9 Å². The van der Waals surface area contributed by atoms with Crippen LogP contribution in [0.15, 0.2) is 94.2 Å². The van der Waals surface area contributed by atoms with Crippen molar-refractivity contribution in [1.82, 2.24) is 5.32 Å². The SMILES string of the molecule is N#CC1=C(SCC(N)=O)NC(O)(c2ccc(Br)cc2)C([n+]2cccc(O)c2)C1c1ccccc1.[Cl-]. The van der Waals surface area contributed by atoms with Crippen molar-refractivity contribution in [3.8, 4) is 11.8 Å². The second-order valence-corrected chi connectivity index (χ2v) is 9.75. The van der Waals surface area contributed by atoms with E-state index in [0.29, 0.717) is 16.2 Å². The molecule has 0 saturated carbocycles. The van der Waals surface area contributed by atoms with Gasteiger partial charge in [-0.05, 0) is 23.8 Å². The normalized spacial score (nSPS) is 21.4. The Kier molecular flexibility index (Phi) is 8.46. The third kappa shape index (κ3) is 5.46. The van der Waals surface area contributed by atoms with Crippen LogP contribution in [0.3, 0.4) is 0 Å². The van der Waals surface area contributed by atoms with Crippen molar-refractivity contribution < 1.29 is 32.0 Å². The number of carbonyl (C=O) groups excluding carboxylic acids is 1. The van der Waals surface area contributed by atoms with Crippen molar-refractivity contribution in [2.75, 3.05) is 5.75 Å². The molecule has 3 unspecified atom stereocenters. The van der Waals surface area contributed by atoms with Gasteiger partial charge < -0.3 is 33.7 Å². The molecule has 3 aromatic rings. The van der Waals surface area contributed by atoms with Crippen molar-refractivity contribution in [3.63, 3.8) is 0 Å². The summed E-state index contributed by atoms with van der Waals surface area (Å²) in [4.78, 5) is 11.5. The zero-order chi connectivity index (χ0) is 24.3. The van der Waals surface area contributed by atoms with Crippen LogP contribution in [0.2, 0.25) is 0 Å². The molecule has 7 nitrogen and oxygen atoms in total. The minimum absolute atomic E-state index is 0. The number of nitriles is 1. The summed E-state index contributed by atoms with van der Waals surface area (Å²) in [7, 11) is 0. The number of rotatable bonds is 6. The maximum Gasteiger partial charge on any atom is 0.227 e. The first-order chi connectivity index (χ1) is 16.3. The Morgan fingerprint density at radius 2 is 1.86 bits per heavy atom. The standard InChI is InChI=1S/C25H21BrN4O3S.ClH/c26-18-10-8-17(9-11-18)25(33)23(30-12-4-7-19(31)14-30)22(16-5-2-1-3-6-16)20(13-27)24(29-25)34-15-21(28)32;/h1-12,14,22-23,29,33H,15H2,(H2-,28,31,32);1H. The van der Waals surface area contributed by atoms with E-state index >= 15 is 0 Å². The summed E-state index contributed by atoms with van der Waals surface area (Å²) in [5, 5.41) is 36.3. The zero-order valence-electron chi connectivity index (χ0n) is 18.3. The molecule has 2 aromatic carbocycles. The number of benzene rings is 2. The topological polar surface area (TPSA) is 123 Å². The second kappa shape index (κ2) is 11.1.